The van der Waals surface area contributed by atoms with Gasteiger partial charge in [-0.15, -0.1) is 0 Å². The van der Waals surface area contributed by atoms with Crippen LogP contribution in [0.3, 0.4) is 0 Å². The van der Waals surface area contributed by atoms with Crippen molar-refractivity contribution >= 4 is 17.3 Å². The maximum Gasteiger partial charge on any atom is 0.311 e. The van der Waals surface area contributed by atoms with Gasteiger partial charge in [0.1, 0.15) is 0 Å². The molecule has 7 heteroatoms. The van der Waals surface area contributed by atoms with E-state index in [4.69, 9.17) is 9.84 Å². The van der Waals surface area contributed by atoms with Crippen LogP contribution in [0.15, 0.2) is 18.2 Å². The zero-order valence-electron chi connectivity index (χ0n) is 11.6. The quantitative estimate of drug-likeness (QED) is 0.588. The van der Waals surface area contributed by atoms with E-state index in [1.54, 1.807) is 20.8 Å². The summed E-state index contributed by atoms with van der Waals surface area (Å²) >= 11 is 0. The fourth-order valence-electron chi connectivity index (χ4n) is 1.63. The second-order valence-corrected chi connectivity index (χ2v) is 4.43. The van der Waals surface area contributed by atoms with Gasteiger partial charge in [0.05, 0.1) is 17.4 Å². The number of nitro groups is 1. The highest BCUT2D eigenvalue weighted by Crippen LogP contribution is 2.30. The third-order valence-corrected chi connectivity index (χ3v) is 2.99. The average molecular weight is 282 g/mol. The van der Waals surface area contributed by atoms with Crippen molar-refractivity contribution in [2.75, 3.05) is 11.9 Å². The van der Waals surface area contributed by atoms with Crippen molar-refractivity contribution in [1.29, 1.82) is 0 Å². The van der Waals surface area contributed by atoms with E-state index in [-0.39, 0.29) is 17.5 Å². The molecular formula is C13H18N2O5. The van der Waals surface area contributed by atoms with Gasteiger partial charge in [0.2, 0.25) is 0 Å². The maximum atomic E-state index is 10.9. The predicted octanol–water partition coefficient (Wildman–Crippen LogP) is 2.51. The number of nitrogens with one attached hydrogen (secondary N) is 1. The van der Waals surface area contributed by atoms with E-state index in [0.717, 1.165) is 0 Å². The molecule has 0 spiro atoms. The lowest BCUT2D eigenvalue weighted by Crippen LogP contribution is -2.29. The van der Waals surface area contributed by atoms with Gasteiger partial charge < -0.3 is 15.2 Å². The second-order valence-electron chi connectivity index (χ2n) is 4.43. The second kappa shape index (κ2) is 6.74. The minimum Gasteiger partial charge on any atom is -0.487 e. The first-order valence-electron chi connectivity index (χ1n) is 6.27. The summed E-state index contributed by atoms with van der Waals surface area (Å²) in [5.41, 5.74) is 0.469. The molecule has 0 bridgehead atoms. The zero-order valence-corrected chi connectivity index (χ0v) is 11.6. The highest BCUT2D eigenvalue weighted by Gasteiger charge is 2.21. The smallest absolute Gasteiger partial charge is 0.311 e. The summed E-state index contributed by atoms with van der Waals surface area (Å²) in [5.74, 6) is -1.32. The first kappa shape index (κ1) is 15.7. The van der Waals surface area contributed by atoms with E-state index in [0.29, 0.717) is 12.3 Å². The average Bonchev–Trinajstić information content (AvgIpc) is 2.37. The minimum absolute atomic E-state index is 0.115. The summed E-state index contributed by atoms with van der Waals surface area (Å²) in [7, 11) is 0. The number of hydrogen-bond acceptors (Lipinski definition) is 5. The lowest BCUT2D eigenvalue weighted by molar-refractivity contribution is -0.385. The number of hydrogen-bond donors (Lipinski definition) is 2. The van der Waals surface area contributed by atoms with Crippen LogP contribution in [0.1, 0.15) is 20.8 Å². The van der Waals surface area contributed by atoms with Crippen LogP contribution in [0.4, 0.5) is 11.4 Å². The number of aliphatic carboxylic acids is 1. The van der Waals surface area contributed by atoms with Crippen molar-refractivity contribution in [2.24, 2.45) is 5.92 Å². The summed E-state index contributed by atoms with van der Waals surface area (Å²) in [4.78, 5) is 21.2. The molecule has 0 aliphatic rings. The Morgan fingerprint density at radius 3 is 2.65 bits per heavy atom. The lowest BCUT2D eigenvalue weighted by atomic mass is 10.0. The fourth-order valence-corrected chi connectivity index (χ4v) is 1.63. The number of carboxylic acids is 1. The van der Waals surface area contributed by atoms with Crippen LogP contribution < -0.4 is 10.1 Å². The third-order valence-electron chi connectivity index (χ3n) is 2.99. The van der Waals surface area contributed by atoms with Crippen LogP contribution in [0.2, 0.25) is 0 Å². The summed E-state index contributed by atoms with van der Waals surface area (Å²) in [5, 5.41) is 22.8. The Balaban J connectivity index is 2.94. The van der Waals surface area contributed by atoms with Crippen LogP contribution in [0.5, 0.6) is 5.75 Å². The molecule has 2 unspecified atom stereocenters. The van der Waals surface area contributed by atoms with Crippen molar-refractivity contribution in [3.63, 3.8) is 0 Å². The number of carboxylic acid groups (broad SMARTS) is 1. The SMILES string of the molecule is CCOc1cc(NC(C)C(C)C(=O)O)ccc1[N+](=O)[O-]. The molecule has 0 aliphatic heterocycles. The van der Waals surface area contributed by atoms with E-state index < -0.39 is 16.8 Å². The Bertz CT molecular complexity index is 504. The van der Waals surface area contributed by atoms with Crippen molar-refractivity contribution in [3.8, 4) is 5.75 Å². The highest BCUT2D eigenvalue weighted by atomic mass is 16.6. The molecule has 1 aromatic rings. The summed E-state index contributed by atoms with van der Waals surface area (Å²) in [6.45, 7) is 5.37. The van der Waals surface area contributed by atoms with Gasteiger partial charge in [-0.3, -0.25) is 14.9 Å². The van der Waals surface area contributed by atoms with Crippen LogP contribution >= 0.6 is 0 Å². The Morgan fingerprint density at radius 2 is 2.15 bits per heavy atom. The largest absolute Gasteiger partial charge is 0.487 e. The Morgan fingerprint density at radius 1 is 1.50 bits per heavy atom. The lowest BCUT2D eigenvalue weighted by Gasteiger charge is -2.19. The molecule has 1 rings (SSSR count). The molecule has 0 saturated carbocycles. The molecule has 0 heterocycles. The molecule has 0 amide bonds. The number of nitrogens with zero attached hydrogens (tertiary/aromatic N) is 1. The molecule has 0 aliphatic carbocycles. The molecule has 0 saturated heterocycles. The van der Waals surface area contributed by atoms with Crippen LogP contribution in [0.25, 0.3) is 0 Å². The zero-order chi connectivity index (χ0) is 15.3. The van der Waals surface area contributed by atoms with E-state index in [1.807, 2.05) is 0 Å². The number of ether oxygens (including phenoxy) is 1. The molecular weight excluding hydrogens is 264 g/mol. The molecule has 110 valence electrons. The van der Waals surface area contributed by atoms with Crippen molar-refractivity contribution in [2.45, 2.75) is 26.8 Å². The van der Waals surface area contributed by atoms with Gasteiger partial charge in [0, 0.05) is 23.9 Å². The summed E-state index contributed by atoms with van der Waals surface area (Å²) in [6.07, 6.45) is 0. The predicted molar refractivity (Wildman–Crippen MR) is 74.1 cm³/mol. The van der Waals surface area contributed by atoms with Crippen LogP contribution in [0, 0.1) is 16.0 Å². The molecule has 2 atom stereocenters. The van der Waals surface area contributed by atoms with Crippen LogP contribution in [-0.2, 0) is 4.79 Å². The van der Waals surface area contributed by atoms with Crippen molar-refractivity contribution in [3.05, 3.63) is 28.3 Å². The maximum absolute atomic E-state index is 10.9. The Labute approximate surface area is 116 Å². The number of rotatable bonds is 7. The number of nitro benzene ring substituents is 1. The van der Waals surface area contributed by atoms with E-state index >= 15 is 0 Å². The summed E-state index contributed by atoms with van der Waals surface area (Å²) < 4.78 is 5.23. The van der Waals surface area contributed by atoms with Crippen molar-refractivity contribution < 1.29 is 19.6 Å². The normalized spacial score (nSPS) is 13.3. The Hall–Kier alpha value is -2.31. The molecule has 0 fully saturated rings. The fraction of sp³-hybridized carbons (Fsp3) is 0.462. The van der Waals surface area contributed by atoms with E-state index in [9.17, 15) is 14.9 Å². The molecule has 0 radical (unpaired) electrons. The van der Waals surface area contributed by atoms with Gasteiger partial charge in [-0.2, -0.15) is 0 Å². The monoisotopic (exact) mass is 282 g/mol. The first-order valence-corrected chi connectivity index (χ1v) is 6.27. The highest BCUT2D eigenvalue weighted by molar-refractivity contribution is 5.71. The molecule has 1 aromatic carbocycles. The van der Waals surface area contributed by atoms with Gasteiger partial charge in [-0.1, -0.05) is 0 Å². The number of anilines is 1. The standard InChI is InChI=1S/C13H18N2O5/c1-4-20-12-7-10(5-6-11(12)15(18)19)14-9(3)8(2)13(16)17/h5-9,14H,4H2,1-3H3,(H,16,17). The van der Waals surface area contributed by atoms with E-state index in [1.165, 1.54) is 18.2 Å². The van der Waals surface area contributed by atoms with Crippen LogP contribution in [-0.4, -0.2) is 28.6 Å². The Kier molecular flexibility index (Phi) is 5.31. The van der Waals surface area contributed by atoms with Crippen molar-refractivity contribution in [1.82, 2.24) is 0 Å². The molecule has 0 aromatic heterocycles. The molecule has 7 nitrogen and oxygen atoms in total. The van der Waals surface area contributed by atoms with Gasteiger partial charge in [-0.05, 0) is 26.8 Å². The number of carbonyl (C=O) groups is 1. The van der Waals surface area contributed by atoms with Gasteiger partial charge in [0.25, 0.3) is 0 Å². The van der Waals surface area contributed by atoms with Gasteiger partial charge in [0.15, 0.2) is 5.75 Å². The molecule has 2 N–H and O–H groups in total. The van der Waals surface area contributed by atoms with E-state index in [2.05, 4.69) is 5.32 Å². The first-order chi connectivity index (χ1) is 9.36. The van der Waals surface area contributed by atoms with Gasteiger partial charge >= 0.3 is 11.7 Å². The van der Waals surface area contributed by atoms with Gasteiger partial charge in [-0.25, -0.2) is 0 Å². The third kappa shape index (κ3) is 3.84. The topological polar surface area (TPSA) is 102 Å². The molecule has 20 heavy (non-hydrogen) atoms. The minimum atomic E-state index is -0.906. The summed E-state index contributed by atoms with van der Waals surface area (Å²) in [6, 6.07) is 4.06. The number of benzene rings is 1.